The summed E-state index contributed by atoms with van der Waals surface area (Å²) >= 11 is 0. The van der Waals surface area contributed by atoms with Gasteiger partial charge in [0.05, 0.1) is 6.04 Å². The average molecular weight is 282 g/mol. The molecule has 0 unspecified atom stereocenters. The molecule has 2 aromatic rings. The Morgan fingerprint density at radius 3 is 2.38 bits per heavy atom. The summed E-state index contributed by atoms with van der Waals surface area (Å²) in [7, 11) is 1.81. The number of benzene rings is 2. The number of amides is 1. The second-order valence-corrected chi connectivity index (χ2v) is 5.42. The normalized spacial score (nSPS) is 12.0. The van der Waals surface area contributed by atoms with Crippen LogP contribution in [0.4, 0.5) is 0 Å². The fourth-order valence-corrected chi connectivity index (χ4v) is 2.36. The third-order valence-corrected chi connectivity index (χ3v) is 3.66. The van der Waals surface area contributed by atoms with E-state index in [0.717, 1.165) is 11.1 Å². The largest absolute Gasteiger partial charge is 0.340 e. The van der Waals surface area contributed by atoms with E-state index in [1.54, 1.807) is 11.9 Å². The number of nitrogens with zero attached hydrogens (tertiary/aromatic N) is 1. The lowest BCUT2D eigenvalue weighted by molar-refractivity contribution is -0.131. The third kappa shape index (κ3) is 4.17. The van der Waals surface area contributed by atoms with E-state index in [4.69, 9.17) is 5.73 Å². The molecule has 3 nitrogen and oxygen atoms in total. The van der Waals surface area contributed by atoms with Crippen molar-refractivity contribution < 1.29 is 4.79 Å². The van der Waals surface area contributed by atoms with Crippen molar-refractivity contribution in [1.29, 1.82) is 0 Å². The monoisotopic (exact) mass is 282 g/mol. The van der Waals surface area contributed by atoms with Crippen molar-refractivity contribution in [2.75, 3.05) is 7.05 Å². The van der Waals surface area contributed by atoms with Crippen LogP contribution < -0.4 is 5.73 Å². The van der Waals surface area contributed by atoms with E-state index in [1.807, 2.05) is 48.5 Å². The topological polar surface area (TPSA) is 46.3 Å². The Morgan fingerprint density at radius 2 is 1.71 bits per heavy atom. The molecule has 0 fully saturated rings. The maximum absolute atomic E-state index is 12.4. The molecule has 0 spiro atoms. The Morgan fingerprint density at radius 1 is 1.10 bits per heavy atom. The first kappa shape index (κ1) is 15.3. The second kappa shape index (κ2) is 7.04. The van der Waals surface area contributed by atoms with Gasteiger partial charge in [-0.25, -0.2) is 0 Å². The second-order valence-electron chi connectivity index (χ2n) is 5.42. The Kier molecular flexibility index (Phi) is 5.12. The van der Waals surface area contributed by atoms with Crippen LogP contribution in [0.1, 0.15) is 16.7 Å². The van der Waals surface area contributed by atoms with Gasteiger partial charge in [-0.2, -0.15) is 0 Å². The van der Waals surface area contributed by atoms with Crippen molar-refractivity contribution in [3.8, 4) is 0 Å². The number of rotatable bonds is 5. The van der Waals surface area contributed by atoms with Crippen LogP contribution >= 0.6 is 0 Å². The van der Waals surface area contributed by atoms with Gasteiger partial charge in [0.15, 0.2) is 0 Å². The van der Waals surface area contributed by atoms with Crippen LogP contribution in [0.5, 0.6) is 0 Å². The van der Waals surface area contributed by atoms with E-state index in [0.29, 0.717) is 13.0 Å². The third-order valence-electron chi connectivity index (χ3n) is 3.66. The summed E-state index contributed by atoms with van der Waals surface area (Å²) in [6.45, 7) is 2.64. The summed E-state index contributed by atoms with van der Waals surface area (Å²) in [5, 5.41) is 0. The van der Waals surface area contributed by atoms with Crippen LogP contribution in [0.2, 0.25) is 0 Å². The first-order chi connectivity index (χ1) is 10.1. The fourth-order valence-electron chi connectivity index (χ4n) is 2.36. The molecule has 0 radical (unpaired) electrons. The molecule has 0 aliphatic rings. The van der Waals surface area contributed by atoms with Gasteiger partial charge in [-0.1, -0.05) is 54.6 Å². The number of hydrogen-bond donors (Lipinski definition) is 1. The van der Waals surface area contributed by atoms with Gasteiger partial charge in [0.2, 0.25) is 5.91 Å². The Labute approximate surface area is 126 Å². The van der Waals surface area contributed by atoms with Crippen LogP contribution in [0, 0.1) is 6.92 Å². The number of carbonyl (C=O) groups is 1. The summed E-state index contributed by atoms with van der Waals surface area (Å²) in [6, 6.07) is 17.5. The number of nitrogens with two attached hydrogens (primary N) is 1. The van der Waals surface area contributed by atoms with Crippen LogP contribution in [0.25, 0.3) is 0 Å². The molecule has 2 aromatic carbocycles. The molecule has 0 aromatic heterocycles. The van der Waals surface area contributed by atoms with Crippen LogP contribution in [0.15, 0.2) is 54.6 Å². The van der Waals surface area contributed by atoms with Gasteiger partial charge in [-0.05, 0) is 30.0 Å². The molecule has 1 atom stereocenters. The van der Waals surface area contributed by atoms with Gasteiger partial charge in [0.1, 0.15) is 0 Å². The zero-order chi connectivity index (χ0) is 15.2. The minimum absolute atomic E-state index is 0.0258. The van der Waals surface area contributed by atoms with Gasteiger partial charge in [0.25, 0.3) is 0 Å². The molecule has 21 heavy (non-hydrogen) atoms. The van der Waals surface area contributed by atoms with E-state index in [9.17, 15) is 4.79 Å². The molecule has 0 heterocycles. The van der Waals surface area contributed by atoms with Gasteiger partial charge in [-0.3, -0.25) is 4.79 Å². The maximum atomic E-state index is 12.4. The predicted molar refractivity (Wildman–Crippen MR) is 85.8 cm³/mol. The highest BCUT2D eigenvalue weighted by atomic mass is 16.2. The van der Waals surface area contributed by atoms with Gasteiger partial charge < -0.3 is 10.6 Å². The maximum Gasteiger partial charge on any atom is 0.239 e. The first-order valence-electron chi connectivity index (χ1n) is 7.17. The SMILES string of the molecule is Cc1ccccc1CN(C)C(=O)[C@H](N)Cc1ccccc1. The smallest absolute Gasteiger partial charge is 0.239 e. The summed E-state index contributed by atoms with van der Waals surface area (Å²) < 4.78 is 0. The standard InChI is InChI=1S/C18H22N2O/c1-14-8-6-7-11-16(14)13-20(2)18(21)17(19)12-15-9-4-3-5-10-15/h3-11,17H,12-13,19H2,1-2H3/t17-/m1/s1. The van der Waals surface area contributed by atoms with E-state index in [2.05, 4.69) is 13.0 Å². The molecule has 0 aliphatic carbocycles. The molecule has 1 amide bonds. The van der Waals surface area contributed by atoms with Gasteiger partial charge >= 0.3 is 0 Å². The lowest BCUT2D eigenvalue weighted by Gasteiger charge is -2.22. The summed E-state index contributed by atoms with van der Waals surface area (Å²) in [6.07, 6.45) is 0.567. The van der Waals surface area contributed by atoms with Crippen molar-refractivity contribution in [3.63, 3.8) is 0 Å². The highest BCUT2D eigenvalue weighted by molar-refractivity contribution is 5.81. The van der Waals surface area contributed by atoms with Crippen LogP contribution in [-0.2, 0) is 17.8 Å². The van der Waals surface area contributed by atoms with Crippen molar-refractivity contribution in [2.24, 2.45) is 5.73 Å². The quantitative estimate of drug-likeness (QED) is 0.916. The molecule has 2 rings (SSSR count). The zero-order valence-electron chi connectivity index (χ0n) is 12.6. The minimum atomic E-state index is -0.499. The van der Waals surface area contributed by atoms with E-state index < -0.39 is 6.04 Å². The molecule has 3 heteroatoms. The molecule has 0 aliphatic heterocycles. The lowest BCUT2D eigenvalue weighted by atomic mass is 10.0. The molecule has 110 valence electrons. The highest BCUT2D eigenvalue weighted by Gasteiger charge is 2.18. The number of likely N-dealkylation sites (N-methyl/N-ethyl adjacent to an activating group) is 1. The number of hydrogen-bond acceptors (Lipinski definition) is 2. The van der Waals surface area contributed by atoms with Gasteiger partial charge in [0, 0.05) is 13.6 Å². The van der Waals surface area contributed by atoms with Crippen molar-refractivity contribution >= 4 is 5.91 Å². The lowest BCUT2D eigenvalue weighted by Crippen LogP contribution is -2.42. The molecule has 0 bridgehead atoms. The summed E-state index contributed by atoms with van der Waals surface area (Å²) in [5.41, 5.74) is 9.48. The van der Waals surface area contributed by atoms with E-state index in [1.165, 1.54) is 5.56 Å². The molecular formula is C18H22N2O. The predicted octanol–water partition coefficient (Wildman–Crippen LogP) is 2.52. The minimum Gasteiger partial charge on any atom is -0.340 e. The van der Waals surface area contributed by atoms with Crippen molar-refractivity contribution in [1.82, 2.24) is 4.90 Å². The molecule has 2 N–H and O–H groups in total. The van der Waals surface area contributed by atoms with E-state index in [-0.39, 0.29) is 5.91 Å². The molecular weight excluding hydrogens is 260 g/mol. The number of carbonyl (C=O) groups excluding carboxylic acids is 1. The Hall–Kier alpha value is -2.13. The summed E-state index contributed by atoms with van der Waals surface area (Å²) in [5.74, 6) is -0.0258. The highest BCUT2D eigenvalue weighted by Crippen LogP contribution is 2.11. The van der Waals surface area contributed by atoms with E-state index >= 15 is 0 Å². The zero-order valence-corrected chi connectivity index (χ0v) is 12.6. The molecule has 0 saturated carbocycles. The van der Waals surface area contributed by atoms with Crippen molar-refractivity contribution in [3.05, 3.63) is 71.3 Å². The first-order valence-corrected chi connectivity index (χ1v) is 7.17. The van der Waals surface area contributed by atoms with Crippen molar-refractivity contribution in [2.45, 2.75) is 25.9 Å². The average Bonchev–Trinajstić information content (AvgIpc) is 2.49. The van der Waals surface area contributed by atoms with Crippen LogP contribution in [-0.4, -0.2) is 23.9 Å². The number of aryl methyl sites for hydroxylation is 1. The molecule has 0 saturated heterocycles. The van der Waals surface area contributed by atoms with Crippen LogP contribution in [0.3, 0.4) is 0 Å². The Bertz CT molecular complexity index is 595. The fraction of sp³-hybridized carbons (Fsp3) is 0.278. The summed E-state index contributed by atoms with van der Waals surface area (Å²) in [4.78, 5) is 14.1. The Balaban J connectivity index is 1.97. The van der Waals surface area contributed by atoms with Gasteiger partial charge in [-0.15, -0.1) is 0 Å².